The number of hydrogen-bond donors (Lipinski definition) is 2. The van der Waals surface area contributed by atoms with E-state index in [-0.39, 0.29) is 29.9 Å². The van der Waals surface area contributed by atoms with Gasteiger partial charge in [0.2, 0.25) is 0 Å². The first-order chi connectivity index (χ1) is 25.2. The number of carbonyl (C=O) groups is 1. The number of rotatable bonds is 15. The summed E-state index contributed by atoms with van der Waals surface area (Å²) >= 11 is 0. The number of benzene rings is 4. The number of carbonyl (C=O) groups excluding carboxylic acids is 1. The van der Waals surface area contributed by atoms with Crippen LogP contribution in [0, 0.1) is 5.82 Å². The van der Waals surface area contributed by atoms with Crippen LogP contribution in [0.3, 0.4) is 0 Å². The predicted octanol–water partition coefficient (Wildman–Crippen LogP) is 10.0. The molecule has 8 heteroatoms. The molecule has 0 aliphatic heterocycles. The molecule has 0 spiro atoms. The van der Waals surface area contributed by atoms with E-state index in [1.54, 1.807) is 26.4 Å². The fourth-order valence-corrected chi connectivity index (χ4v) is 7.87. The van der Waals surface area contributed by atoms with Gasteiger partial charge >= 0.3 is 0 Å². The molecule has 0 bridgehead atoms. The number of aromatic nitrogens is 1. The zero-order valence-electron chi connectivity index (χ0n) is 30.9. The topological polar surface area (TPSA) is 100 Å². The summed E-state index contributed by atoms with van der Waals surface area (Å²) in [5.74, 6) is 0.763. The minimum Gasteiger partial charge on any atom is -0.493 e. The first-order valence-electron chi connectivity index (χ1n) is 18.4. The number of allylic oxidation sites excluding steroid dienone is 1. The fraction of sp³-hybridized carbons (Fsp3) is 0.333. The van der Waals surface area contributed by atoms with E-state index in [2.05, 4.69) is 66.7 Å². The maximum absolute atomic E-state index is 13.6. The van der Waals surface area contributed by atoms with Crippen LogP contribution in [0.25, 0.3) is 10.8 Å². The molecule has 5 aromatic rings. The standard InChI is InChI=1S/C45H50FN3O3.ClH/c1-31(32-19-21-36(46)22-20-32)39(50)18-13-24-44(34-14-7-4-8-15-34,35-16-9-5-10-17-35)27-23-38(47)43-37-30-41(52-3)40(51-2)28-33(37)29-42(49-43)45(48)25-11-6-12-26-45;/h4-5,7-11,14-17,19-22,25,28-31,38H,6,12-13,18,23-24,26-27,47-48H2,1-3H3;1H. The van der Waals surface area contributed by atoms with Crippen molar-refractivity contribution in [1.29, 1.82) is 0 Å². The van der Waals surface area contributed by atoms with Gasteiger partial charge in [0.1, 0.15) is 11.6 Å². The predicted molar refractivity (Wildman–Crippen MR) is 214 cm³/mol. The molecule has 4 N–H and O–H groups in total. The van der Waals surface area contributed by atoms with Crippen LogP contribution in [0.5, 0.6) is 11.5 Å². The average molecular weight is 736 g/mol. The Bertz CT molecular complexity index is 1970. The zero-order chi connectivity index (χ0) is 36.7. The highest BCUT2D eigenvalue weighted by molar-refractivity contribution is 5.89. The van der Waals surface area contributed by atoms with Crippen molar-refractivity contribution in [3.63, 3.8) is 0 Å². The highest BCUT2D eigenvalue weighted by Gasteiger charge is 2.36. The van der Waals surface area contributed by atoms with Gasteiger partial charge in [0, 0.05) is 29.2 Å². The van der Waals surface area contributed by atoms with Gasteiger partial charge in [-0.3, -0.25) is 9.78 Å². The van der Waals surface area contributed by atoms with E-state index in [0.717, 1.165) is 59.8 Å². The van der Waals surface area contributed by atoms with E-state index >= 15 is 0 Å². The number of nitrogens with two attached hydrogens (primary N) is 2. The lowest BCUT2D eigenvalue weighted by atomic mass is 9.67. The molecular formula is C45H51ClFN3O3. The number of methoxy groups -OCH3 is 2. The van der Waals surface area contributed by atoms with Crippen LogP contribution in [0.2, 0.25) is 0 Å². The van der Waals surface area contributed by atoms with Crippen LogP contribution in [0.4, 0.5) is 4.39 Å². The Kier molecular flexibility index (Phi) is 13.1. The second-order valence-electron chi connectivity index (χ2n) is 14.2. The van der Waals surface area contributed by atoms with Crippen LogP contribution < -0.4 is 20.9 Å². The van der Waals surface area contributed by atoms with Crippen LogP contribution in [-0.2, 0) is 15.7 Å². The molecule has 278 valence electrons. The van der Waals surface area contributed by atoms with Crippen LogP contribution in [0.15, 0.2) is 115 Å². The maximum atomic E-state index is 13.6. The normalized spacial score (nSPS) is 16.8. The van der Waals surface area contributed by atoms with Crippen molar-refractivity contribution in [2.45, 2.75) is 81.2 Å². The molecule has 0 radical (unpaired) electrons. The highest BCUT2D eigenvalue weighted by atomic mass is 35.5. The Morgan fingerprint density at radius 1 is 0.906 bits per heavy atom. The first-order valence-corrected chi connectivity index (χ1v) is 18.4. The summed E-state index contributed by atoms with van der Waals surface area (Å²) in [5.41, 5.74) is 17.9. The summed E-state index contributed by atoms with van der Waals surface area (Å²) in [6.45, 7) is 1.90. The lowest BCUT2D eigenvalue weighted by molar-refractivity contribution is -0.120. The third-order valence-electron chi connectivity index (χ3n) is 11.0. The number of nitrogens with zero attached hydrogens (tertiary/aromatic N) is 1. The lowest BCUT2D eigenvalue weighted by Gasteiger charge is -2.37. The van der Waals surface area contributed by atoms with Gasteiger partial charge in [0.05, 0.1) is 31.1 Å². The van der Waals surface area contributed by atoms with Crippen LogP contribution in [0.1, 0.15) is 98.3 Å². The molecule has 0 fully saturated rings. The van der Waals surface area contributed by atoms with E-state index < -0.39 is 17.0 Å². The Balaban J connectivity index is 0.00000541. The SMILES string of the molecule is COc1cc2cc(C3(N)C=CCCC3)nc(C(N)CCC(CCCC(=O)C(C)c3ccc(F)cc3)(c3ccccc3)c3ccccc3)c2cc1OC.Cl. The molecule has 3 unspecified atom stereocenters. The van der Waals surface area contributed by atoms with Crippen molar-refractivity contribution in [2.24, 2.45) is 11.5 Å². The largest absolute Gasteiger partial charge is 0.493 e. The first kappa shape index (κ1) is 39.6. The second kappa shape index (κ2) is 17.5. The number of ketones is 1. The number of pyridine rings is 1. The van der Waals surface area contributed by atoms with Crippen molar-refractivity contribution < 1.29 is 18.7 Å². The quantitative estimate of drug-likeness (QED) is 0.104. The zero-order valence-corrected chi connectivity index (χ0v) is 31.7. The molecule has 0 amide bonds. The van der Waals surface area contributed by atoms with Crippen molar-refractivity contribution in [2.75, 3.05) is 14.2 Å². The molecule has 0 saturated heterocycles. The second-order valence-corrected chi connectivity index (χ2v) is 14.2. The van der Waals surface area contributed by atoms with Crippen molar-refractivity contribution >= 4 is 29.0 Å². The molecule has 1 heterocycles. The molecule has 6 rings (SSSR count). The molecule has 53 heavy (non-hydrogen) atoms. The summed E-state index contributed by atoms with van der Waals surface area (Å²) in [6.07, 6.45) is 10.2. The summed E-state index contributed by atoms with van der Waals surface area (Å²) in [6, 6.07) is 32.9. The van der Waals surface area contributed by atoms with Gasteiger partial charge in [-0.2, -0.15) is 0 Å². The number of ether oxygens (including phenoxy) is 2. The van der Waals surface area contributed by atoms with Gasteiger partial charge in [-0.1, -0.05) is 91.9 Å². The van der Waals surface area contributed by atoms with E-state index in [1.165, 1.54) is 23.3 Å². The van der Waals surface area contributed by atoms with Gasteiger partial charge in [0.15, 0.2) is 11.5 Å². The minimum atomic E-state index is -0.691. The summed E-state index contributed by atoms with van der Waals surface area (Å²) < 4.78 is 25.0. The Hall–Kier alpha value is -4.56. The molecule has 0 saturated carbocycles. The monoisotopic (exact) mass is 735 g/mol. The van der Waals surface area contributed by atoms with Gasteiger partial charge in [-0.05, 0) is 97.4 Å². The van der Waals surface area contributed by atoms with E-state index in [4.69, 9.17) is 25.9 Å². The lowest BCUT2D eigenvalue weighted by Crippen LogP contribution is -2.37. The Morgan fingerprint density at radius 2 is 1.53 bits per heavy atom. The molecule has 6 nitrogen and oxygen atoms in total. The van der Waals surface area contributed by atoms with Crippen molar-refractivity contribution in [1.82, 2.24) is 4.98 Å². The molecule has 1 aromatic heterocycles. The van der Waals surface area contributed by atoms with Crippen LogP contribution >= 0.6 is 12.4 Å². The molecule has 1 aliphatic rings. The third-order valence-corrected chi connectivity index (χ3v) is 11.0. The summed E-state index contributed by atoms with van der Waals surface area (Å²) in [4.78, 5) is 18.7. The van der Waals surface area contributed by atoms with Gasteiger partial charge < -0.3 is 20.9 Å². The number of fused-ring (bicyclic) bond motifs is 1. The fourth-order valence-electron chi connectivity index (χ4n) is 7.87. The van der Waals surface area contributed by atoms with Crippen molar-refractivity contribution in [3.05, 3.63) is 149 Å². The molecule has 4 aromatic carbocycles. The van der Waals surface area contributed by atoms with E-state index in [1.807, 2.05) is 31.2 Å². The van der Waals surface area contributed by atoms with Gasteiger partial charge in [0.25, 0.3) is 0 Å². The minimum absolute atomic E-state index is 0. The summed E-state index contributed by atoms with van der Waals surface area (Å²) in [7, 11) is 3.27. The maximum Gasteiger partial charge on any atom is 0.161 e. The van der Waals surface area contributed by atoms with E-state index in [0.29, 0.717) is 30.8 Å². The number of Topliss-reactive ketones (excluding diaryl/α,β-unsaturated/α-hetero) is 1. The van der Waals surface area contributed by atoms with Crippen molar-refractivity contribution in [3.8, 4) is 11.5 Å². The van der Waals surface area contributed by atoms with Gasteiger partial charge in [-0.15, -0.1) is 12.4 Å². The molecule has 3 atom stereocenters. The number of halogens is 2. The smallest absolute Gasteiger partial charge is 0.161 e. The van der Waals surface area contributed by atoms with Crippen LogP contribution in [-0.4, -0.2) is 25.0 Å². The van der Waals surface area contributed by atoms with E-state index in [9.17, 15) is 9.18 Å². The third kappa shape index (κ3) is 8.65. The van der Waals surface area contributed by atoms with Gasteiger partial charge in [-0.25, -0.2) is 4.39 Å². The Morgan fingerprint density at radius 3 is 2.11 bits per heavy atom. The summed E-state index contributed by atoms with van der Waals surface area (Å²) in [5, 5.41) is 1.85. The highest BCUT2D eigenvalue weighted by Crippen LogP contribution is 2.44. The molecule has 1 aliphatic carbocycles. The Labute approximate surface area is 319 Å². The number of hydrogen-bond acceptors (Lipinski definition) is 6. The molecular weight excluding hydrogens is 685 g/mol. The average Bonchev–Trinajstić information content (AvgIpc) is 3.19.